The Labute approximate surface area is 78.7 Å². The largest absolute Gasteiger partial charge is 0.353 e. The van der Waals surface area contributed by atoms with Crippen molar-refractivity contribution in [1.82, 2.24) is 10.6 Å². The first kappa shape index (κ1) is 9.81. The SMILES string of the molecule is CC(=O)N[C@H]1CC2C[C@H]1CN2.Cl. The molecule has 1 amide bonds. The van der Waals surface area contributed by atoms with E-state index in [0.717, 1.165) is 13.0 Å². The topological polar surface area (TPSA) is 41.1 Å². The van der Waals surface area contributed by atoms with Gasteiger partial charge in [-0.05, 0) is 18.8 Å². The molecule has 2 rings (SSSR count). The van der Waals surface area contributed by atoms with Crippen molar-refractivity contribution in [2.75, 3.05) is 6.54 Å². The molecule has 0 aromatic rings. The minimum atomic E-state index is 0. The van der Waals surface area contributed by atoms with Gasteiger partial charge in [-0.25, -0.2) is 0 Å². The van der Waals surface area contributed by atoms with Crippen LogP contribution >= 0.6 is 12.4 Å². The number of fused-ring (bicyclic) bond motifs is 2. The van der Waals surface area contributed by atoms with Gasteiger partial charge in [0.2, 0.25) is 5.91 Å². The highest BCUT2D eigenvalue weighted by molar-refractivity contribution is 5.85. The average Bonchev–Trinajstić information content (AvgIpc) is 2.45. The number of rotatable bonds is 1. The van der Waals surface area contributed by atoms with E-state index in [-0.39, 0.29) is 18.3 Å². The molecule has 1 aliphatic carbocycles. The van der Waals surface area contributed by atoms with Crippen molar-refractivity contribution < 1.29 is 4.79 Å². The molecule has 12 heavy (non-hydrogen) atoms. The van der Waals surface area contributed by atoms with Crippen LogP contribution in [0.4, 0.5) is 0 Å². The summed E-state index contributed by atoms with van der Waals surface area (Å²) in [6.45, 7) is 2.69. The van der Waals surface area contributed by atoms with Crippen LogP contribution in [0, 0.1) is 5.92 Å². The Kier molecular flexibility index (Phi) is 2.96. The fourth-order valence-corrected chi connectivity index (χ4v) is 2.27. The molecule has 3 atom stereocenters. The minimum Gasteiger partial charge on any atom is -0.353 e. The first-order chi connectivity index (χ1) is 5.25. The van der Waals surface area contributed by atoms with E-state index in [0.29, 0.717) is 18.0 Å². The molecule has 2 aliphatic rings. The lowest BCUT2D eigenvalue weighted by Crippen LogP contribution is -2.43. The van der Waals surface area contributed by atoms with Crippen molar-refractivity contribution >= 4 is 18.3 Å². The lowest BCUT2D eigenvalue weighted by atomic mass is 10.0. The molecule has 2 N–H and O–H groups in total. The van der Waals surface area contributed by atoms with Crippen LogP contribution in [-0.2, 0) is 4.79 Å². The highest BCUT2D eigenvalue weighted by Gasteiger charge is 2.39. The van der Waals surface area contributed by atoms with Gasteiger partial charge in [-0.1, -0.05) is 0 Å². The van der Waals surface area contributed by atoms with Crippen molar-refractivity contribution in [2.24, 2.45) is 5.92 Å². The Morgan fingerprint density at radius 3 is 2.67 bits per heavy atom. The van der Waals surface area contributed by atoms with Crippen LogP contribution < -0.4 is 10.6 Å². The van der Waals surface area contributed by atoms with E-state index in [9.17, 15) is 4.79 Å². The molecular weight excluding hydrogens is 176 g/mol. The molecule has 0 radical (unpaired) electrons. The third kappa shape index (κ3) is 1.72. The van der Waals surface area contributed by atoms with Crippen molar-refractivity contribution in [3.8, 4) is 0 Å². The Morgan fingerprint density at radius 2 is 2.25 bits per heavy atom. The van der Waals surface area contributed by atoms with Crippen molar-refractivity contribution in [3.63, 3.8) is 0 Å². The number of halogens is 1. The zero-order valence-corrected chi connectivity index (χ0v) is 7.99. The van der Waals surface area contributed by atoms with Crippen LogP contribution in [0.5, 0.6) is 0 Å². The Morgan fingerprint density at radius 1 is 1.50 bits per heavy atom. The van der Waals surface area contributed by atoms with Gasteiger partial charge < -0.3 is 10.6 Å². The maximum Gasteiger partial charge on any atom is 0.217 e. The molecule has 4 heteroatoms. The molecule has 1 saturated carbocycles. The summed E-state index contributed by atoms with van der Waals surface area (Å²) in [7, 11) is 0. The highest BCUT2D eigenvalue weighted by Crippen LogP contribution is 2.30. The quantitative estimate of drug-likeness (QED) is 0.625. The van der Waals surface area contributed by atoms with E-state index in [1.54, 1.807) is 6.92 Å². The number of hydrogen-bond acceptors (Lipinski definition) is 2. The third-order valence-corrected chi connectivity index (χ3v) is 2.75. The third-order valence-electron chi connectivity index (χ3n) is 2.75. The number of nitrogens with one attached hydrogen (secondary N) is 2. The van der Waals surface area contributed by atoms with E-state index in [1.807, 2.05) is 0 Å². The summed E-state index contributed by atoms with van der Waals surface area (Å²) in [5.41, 5.74) is 0. The number of hydrogen-bond donors (Lipinski definition) is 2. The summed E-state index contributed by atoms with van der Waals surface area (Å²) in [6, 6.07) is 1.13. The number of amides is 1. The van der Waals surface area contributed by atoms with Gasteiger partial charge >= 0.3 is 0 Å². The summed E-state index contributed by atoms with van der Waals surface area (Å²) in [6.07, 6.45) is 2.38. The predicted molar refractivity (Wildman–Crippen MR) is 49.4 cm³/mol. The summed E-state index contributed by atoms with van der Waals surface area (Å²) >= 11 is 0. The lowest BCUT2D eigenvalue weighted by Gasteiger charge is -2.22. The molecule has 0 aromatic heterocycles. The summed E-state index contributed by atoms with van der Waals surface area (Å²) in [5, 5.41) is 6.40. The first-order valence-corrected chi connectivity index (χ1v) is 4.26. The highest BCUT2D eigenvalue weighted by atomic mass is 35.5. The van der Waals surface area contributed by atoms with Gasteiger partial charge in [0.1, 0.15) is 0 Å². The van der Waals surface area contributed by atoms with E-state index in [4.69, 9.17) is 0 Å². The Hall–Kier alpha value is -0.280. The molecule has 1 unspecified atom stereocenters. The lowest BCUT2D eigenvalue weighted by molar-refractivity contribution is -0.119. The van der Waals surface area contributed by atoms with Crippen molar-refractivity contribution in [3.05, 3.63) is 0 Å². The number of piperidine rings is 1. The van der Waals surface area contributed by atoms with Crippen molar-refractivity contribution in [2.45, 2.75) is 31.8 Å². The minimum absolute atomic E-state index is 0. The van der Waals surface area contributed by atoms with E-state index < -0.39 is 0 Å². The van der Waals surface area contributed by atoms with Crippen LogP contribution in [0.2, 0.25) is 0 Å². The predicted octanol–water partition coefficient (Wildman–Crippen LogP) is 0.295. The van der Waals surface area contributed by atoms with Crippen LogP contribution in [-0.4, -0.2) is 24.5 Å². The smallest absolute Gasteiger partial charge is 0.217 e. The fraction of sp³-hybridized carbons (Fsp3) is 0.875. The standard InChI is InChI=1S/C8H14N2O.ClH/c1-5(11)10-8-3-7-2-6(8)4-9-7;/h6-9H,2-4H2,1H3,(H,10,11);1H/t6-,7?,8-;/m0./s1. The summed E-state index contributed by atoms with van der Waals surface area (Å²) in [5.74, 6) is 0.812. The second kappa shape index (κ2) is 3.62. The molecule has 0 spiro atoms. The van der Waals surface area contributed by atoms with Crippen LogP contribution in [0.25, 0.3) is 0 Å². The van der Waals surface area contributed by atoms with E-state index in [1.165, 1.54) is 6.42 Å². The van der Waals surface area contributed by atoms with Gasteiger partial charge in [0.25, 0.3) is 0 Å². The average molecular weight is 191 g/mol. The number of carbonyl (C=O) groups excluding carboxylic acids is 1. The van der Waals surface area contributed by atoms with Gasteiger partial charge in [-0.3, -0.25) is 4.79 Å². The molecule has 2 bridgehead atoms. The molecule has 3 nitrogen and oxygen atoms in total. The molecule has 1 saturated heterocycles. The normalized spacial score (nSPS) is 37.6. The van der Waals surface area contributed by atoms with Crippen molar-refractivity contribution in [1.29, 1.82) is 0 Å². The van der Waals surface area contributed by atoms with Gasteiger partial charge in [0.15, 0.2) is 0 Å². The van der Waals surface area contributed by atoms with Gasteiger partial charge in [0.05, 0.1) is 0 Å². The molecular formula is C8H15ClN2O. The maximum absolute atomic E-state index is 10.7. The Balaban J connectivity index is 0.000000720. The van der Waals surface area contributed by atoms with Crippen LogP contribution in [0.1, 0.15) is 19.8 Å². The summed E-state index contributed by atoms with van der Waals surface area (Å²) < 4.78 is 0. The molecule has 1 heterocycles. The molecule has 0 aromatic carbocycles. The second-order valence-corrected chi connectivity index (χ2v) is 3.64. The summed E-state index contributed by atoms with van der Waals surface area (Å²) in [4.78, 5) is 10.7. The zero-order valence-electron chi connectivity index (χ0n) is 7.17. The van der Waals surface area contributed by atoms with E-state index >= 15 is 0 Å². The van der Waals surface area contributed by atoms with E-state index in [2.05, 4.69) is 10.6 Å². The second-order valence-electron chi connectivity index (χ2n) is 3.64. The van der Waals surface area contributed by atoms with Gasteiger partial charge in [-0.2, -0.15) is 0 Å². The van der Waals surface area contributed by atoms with Gasteiger partial charge in [-0.15, -0.1) is 12.4 Å². The monoisotopic (exact) mass is 190 g/mol. The number of carbonyl (C=O) groups is 1. The fourth-order valence-electron chi connectivity index (χ4n) is 2.27. The zero-order chi connectivity index (χ0) is 7.84. The maximum atomic E-state index is 10.7. The van der Waals surface area contributed by atoms with Crippen LogP contribution in [0.15, 0.2) is 0 Å². The molecule has 1 aliphatic heterocycles. The first-order valence-electron chi connectivity index (χ1n) is 4.26. The van der Waals surface area contributed by atoms with Gasteiger partial charge in [0, 0.05) is 25.6 Å². The Bertz CT molecular complexity index is 186. The molecule has 70 valence electrons. The van der Waals surface area contributed by atoms with Crippen LogP contribution in [0.3, 0.4) is 0 Å². The molecule has 2 fully saturated rings.